The monoisotopic (exact) mass is 353 g/mol. The Hall–Kier alpha value is -1.40. The normalized spacial score (nSPS) is 10.1. The molecule has 0 atom stereocenters. The van der Waals surface area contributed by atoms with Gasteiger partial charge in [-0.3, -0.25) is 4.79 Å². The van der Waals surface area contributed by atoms with Crippen molar-refractivity contribution in [2.45, 2.75) is 6.61 Å². The first-order chi connectivity index (χ1) is 8.69. The molecule has 0 aromatic heterocycles. The molecule has 0 spiro atoms. The highest BCUT2D eigenvalue weighted by molar-refractivity contribution is 14.1. The first-order valence-electron chi connectivity index (χ1n) is 5.46. The molecule has 2 aromatic carbocycles. The van der Waals surface area contributed by atoms with E-state index < -0.39 is 0 Å². The molecular weight excluding hydrogens is 341 g/mol. The zero-order valence-corrected chi connectivity index (χ0v) is 11.7. The van der Waals surface area contributed by atoms with Crippen LogP contribution in [0.4, 0.5) is 5.69 Å². The molecular formula is C14H12INO2. The maximum Gasteiger partial charge on any atom is 0.255 e. The summed E-state index contributed by atoms with van der Waals surface area (Å²) in [5.74, 6) is -0.152. The Kier molecular flexibility index (Phi) is 4.33. The number of hydrogen-bond acceptors (Lipinski definition) is 2. The topological polar surface area (TPSA) is 49.3 Å². The molecule has 1 amide bonds. The summed E-state index contributed by atoms with van der Waals surface area (Å²) < 4.78 is 1.12. The van der Waals surface area contributed by atoms with Crippen molar-refractivity contribution < 1.29 is 9.90 Å². The van der Waals surface area contributed by atoms with Crippen LogP contribution in [0, 0.1) is 3.57 Å². The second-order valence-electron chi connectivity index (χ2n) is 3.82. The maximum absolute atomic E-state index is 11.9. The van der Waals surface area contributed by atoms with Gasteiger partial charge >= 0.3 is 0 Å². The smallest absolute Gasteiger partial charge is 0.255 e. The van der Waals surface area contributed by atoms with Crippen molar-refractivity contribution in [2.75, 3.05) is 5.32 Å². The lowest BCUT2D eigenvalue weighted by atomic mass is 10.1. The Morgan fingerprint density at radius 1 is 1.06 bits per heavy atom. The van der Waals surface area contributed by atoms with Crippen LogP contribution in [0.1, 0.15) is 15.9 Å². The Balaban J connectivity index is 2.09. The third kappa shape index (κ3) is 3.30. The molecule has 0 unspecified atom stereocenters. The van der Waals surface area contributed by atoms with Crippen molar-refractivity contribution in [1.82, 2.24) is 0 Å². The Morgan fingerprint density at radius 3 is 2.22 bits per heavy atom. The summed E-state index contributed by atoms with van der Waals surface area (Å²) in [4.78, 5) is 11.9. The quantitative estimate of drug-likeness (QED) is 0.834. The van der Waals surface area contributed by atoms with Gasteiger partial charge in [0.05, 0.1) is 6.61 Å². The van der Waals surface area contributed by atoms with E-state index >= 15 is 0 Å². The van der Waals surface area contributed by atoms with Gasteiger partial charge in [0, 0.05) is 14.8 Å². The van der Waals surface area contributed by atoms with Gasteiger partial charge in [-0.25, -0.2) is 0 Å². The van der Waals surface area contributed by atoms with Crippen LogP contribution < -0.4 is 5.32 Å². The van der Waals surface area contributed by atoms with Crippen molar-refractivity contribution in [3.8, 4) is 0 Å². The standard InChI is InChI=1S/C14H12INO2/c15-12-5-7-13(8-6-12)16-14(18)11-3-1-10(9-17)2-4-11/h1-8,17H,9H2,(H,16,18). The fraction of sp³-hybridized carbons (Fsp3) is 0.0714. The van der Waals surface area contributed by atoms with Gasteiger partial charge in [0.2, 0.25) is 0 Å². The SMILES string of the molecule is O=C(Nc1ccc(I)cc1)c1ccc(CO)cc1. The van der Waals surface area contributed by atoms with Crippen LogP contribution in [0.5, 0.6) is 0 Å². The summed E-state index contributed by atoms with van der Waals surface area (Å²) in [6.45, 7) is -0.0149. The number of halogens is 1. The minimum Gasteiger partial charge on any atom is -0.392 e. The van der Waals surface area contributed by atoms with Crippen molar-refractivity contribution in [1.29, 1.82) is 0 Å². The van der Waals surface area contributed by atoms with Crippen LogP contribution in [-0.2, 0) is 6.61 Å². The summed E-state index contributed by atoms with van der Waals surface area (Å²) in [6.07, 6.45) is 0. The molecule has 18 heavy (non-hydrogen) atoms. The van der Waals surface area contributed by atoms with E-state index in [4.69, 9.17) is 5.11 Å². The van der Waals surface area contributed by atoms with E-state index in [0.717, 1.165) is 14.8 Å². The average Bonchev–Trinajstić information content (AvgIpc) is 2.41. The molecule has 0 aliphatic rings. The molecule has 0 saturated heterocycles. The van der Waals surface area contributed by atoms with Crippen LogP contribution in [0.3, 0.4) is 0 Å². The van der Waals surface area contributed by atoms with Crippen LogP contribution in [-0.4, -0.2) is 11.0 Å². The summed E-state index contributed by atoms with van der Waals surface area (Å²) in [6, 6.07) is 14.5. The highest BCUT2D eigenvalue weighted by Crippen LogP contribution is 2.13. The average molecular weight is 353 g/mol. The third-order valence-corrected chi connectivity index (χ3v) is 3.22. The van der Waals surface area contributed by atoms with Gasteiger partial charge in [-0.05, 0) is 64.6 Å². The van der Waals surface area contributed by atoms with Crippen LogP contribution in [0.25, 0.3) is 0 Å². The van der Waals surface area contributed by atoms with Gasteiger partial charge < -0.3 is 10.4 Å². The van der Waals surface area contributed by atoms with Gasteiger partial charge in [0.15, 0.2) is 0 Å². The number of hydrogen-bond donors (Lipinski definition) is 2. The predicted molar refractivity (Wildman–Crippen MR) is 79.5 cm³/mol. The number of anilines is 1. The lowest BCUT2D eigenvalue weighted by Crippen LogP contribution is -2.11. The number of carbonyl (C=O) groups excluding carboxylic acids is 1. The molecule has 0 heterocycles. The molecule has 2 aromatic rings. The number of amides is 1. The number of aliphatic hydroxyl groups excluding tert-OH is 1. The maximum atomic E-state index is 11.9. The summed E-state index contributed by atoms with van der Waals surface area (Å²) in [5, 5.41) is 11.7. The second kappa shape index (κ2) is 5.97. The van der Waals surface area contributed by atoms with E-state index in [1.807, 2.05) is 24.3 Å². The van der Waals surface area contributed by atoms with E-state index in [1.54, 1.807) is 24.3 Å². The molecule has 92 valence electrons. The Morgan fingerprint density at radius 2 is 1.67 bits per heavy atom. The first kappa shape index (κ1) is 13.0. The van der Waals surface area contributed by atoms with Gasteiger partial charge in [-0.15, -0.1) is 0 Å². The molecule has 0 bridgehead atoms. The van der Waals surface area contributed by atoms with Gasteiger partial charge in [0.25, 0.3) is 5.91 Å². The molecule has 3 nitrogen and oxygen atoms in total. The first-order valence-corrected chi connectivity index (χ1v) is 6.53. The number of nitrogens with one attached hydrogen (secondary N) is 1. The zero-order valence-electron chi connectivity index (χ0n) is 9.56. The molecule has 0 aliphatic carbocycles. The van der Waals surface area contributed by atoms with E-state index in [0.29, 0.717) is 5.56 Å². The van der Waals surface area contributed by atoms with E-state index in [-0.39, 0.29) is 12.5 Å². The number of aliphatic hydroxyl groups is 1. The van der Waals surface area contributed by atoms with E-state index in [9.17, 15) is 4.79 Å². The highest BCUT2D eigenvalue weighted by atomic mass is 127. The van der Waals surface area contributed by atoms with Crippen LogP contribution in [0.2, 0.25) is 0 Å². The Bertz CT molecular complexity index is 535. The van der Waals surface area contributed by atoms with Crippen molar-refractivity contribution in [3.05, 3.63) is 63.2 Å². The van der Waals surface area contributed by atoms with Crippen LogP contribution in [0.15, 0.2) is 48.5 Å². The summed E-state index contributed by atoms with van der Waals surface area (Å²) >= 11 is 2.21. The second-order valence-corrected chi connectivity index (χ2v) is 5.06. The number of benzene rings is 2. The molecule has 0 fully saturated rings. The minimum absolute atomic E-state index is 0.0149. The third-order valence-electron chi connectivity index (χ3n) is 2.50. The highest BCUT2D eigenvalue weighted by Gasteiger charge is 2.05. The molecule has 0 radical (unpaired) electrons. The number of carbonyl (C=O) groups is 1. The fourth-order valence-corrected chi connectivity index (χ4v) is 1.86. The lowest BCUT2D eigenvalue weighted by molar-refractivity contribution is 0.102. The predicted octanol–water partition coefficient (Wildman–Crippen LogP) is 3.04. The van der Waals surface area contributed by atoms with Crippen molar-refractivity contribution in [3.63, 3.8) is 0 Å². The Labute approximate surface area is 119 Å². The van der Waals surface area contributed by atoms with Gasteiger partial charge in [0.1, 0.15) is 0 Å². The molecule has 0 saturated carbocycles. The summed E-state index contributed by atoms with van der Waals surface area (Å²) in [7, 11) is 0. The van der Waals surface area contributed by atoms with E-state index in [1.165, 1.54) is 0 Å². The minimum atomic E-state index is -0.152. The molecule has 2 N–H and O–H groups in total. The van der Waals surface area contributed by atoms with Gasteiger partial charge in [-0.1, -0.05) is 12.1 Å². The fourth-order valence-electron chi connectivity index (χ4n) is 1.50. The molecule has 0 aliphatic heterocycles. The molecule has 2 rings (SSSR count). The number of rotatable bonds is 3. The molecule has 4 heteroatoms. The van der Waals surface area contributed by atoms with Crippen molar-refractivity contribution >= 4 is 34.2 Å². The van der Waals surface area contributed by atoms with Crippen molar-refractivity contribution in [2.24, 2.45) is 0 Å². The zero-order chi connectivity index (χ0) is 13.0. The van der Waals surface area contributed by atoms with E-state index in [2.05, 4.69) is 27.9 Å². The van der Waals surface area contributed by atoms with Gasteiger partial charge in [-0.2, -0.15) is 0 Å². The summed E-state index contributed by atoms with van der Waals surface area (Å²) in [5.41, 5.74) is 2.14. The van der Waals surface area contributed by atoms with Crippen LogP contribution >= 0.6 is 22.6 Å². The lowest BCUT2D eigenvalue weighted by Gasteiger charge is -2.05. The largest absolute Gasteiger partial charge is 0.392 e.